The summed E-state index contributed by atoms with van der Waals surface area (Å²) in [7, 11) is 0. The van der Waals surface area contributed by atoms with Crippen LogP contribution in [-0.4, -0.2) is 27.7 Å². The van der Waals surface area contributed by atoms with Gasteiger partial charge in [0.15, 0.2) is 6.20 Å². The summed E-state index contributed by atoms with van der Waals surface area (Å²) in [6.45, 7) is 0.462. The summed E-state index contributed by atoms with van der Waals surface area (Å²) in [6, 6.07) is 2.93. The number of pyridine rings is 1. The quantitative estimate of drug-likeness (QED) is 0.578. The number of anilines is 1. The summed E-state index contributed by atoms with van der Waals surface area (Å²) < 4.78 is 0. The Morgan fingerprint density at radius 1 is 1.62 bits per heavy atom. The lowest BCUT2D eigenvalue weighted by Crippen LogP contribution is -2.21. The van der Waals surface area contributed by atoms with E-state index < -0.39 is 4.92 Å². The van der Waals surface area contributed by atoms with Gasteiger partial charge in [-0.3, -0.25) is 0 Å². The molecule has 0 radical (unpaired) electrons. The first-order valence-corrected chi connectivity index (χ1v) is 5.19. The number of nitrogens with zero attached hydrogens (tertiary/aromatic N) is 2. The lowest BCUT2D eigenvalue weighted by molar-refractivity contribution is -0.389. The van der Waals surface area contributed by atoms with Crippen LogP contribution in [0, 0.1) is 16.0 Å². The normalized spacial score (nSPS) is 16.8. The number of aromatic nitrogens is 1. The zero-order valence-electron chi connectivity index (χ0n) is 8.67. The fourth-order valence-corrected chi connectivity index (χ4v) is 1.47. The maximum absolute atomic E-state index is 10.4. The highest BCUT2D eigenvalue weighted by Crippen LogP contribution is 2.32. The summed E-state index contributed by atoms with van der Waals surface area (Å²) in [5, 5.41) is 23.0. The average molecular weight is 223 g/mol. The van der Waals surface area contributed by atoms with Crippen molar-refractivity contribution in [1.82, 2.24) is 4.98 Å². The van der Waals surface area contributed by atoms with Gasteiger partial charge >= 0.3 is 5.82 Å². The van der Waals surface area contributed by atoms with Crippen LogP contribution in [0.3, 0.4) is 0 Å². The first-order chi connectivity index (χ1) is 7.66. The average Bonchev–Trinajstić information content (AvgIpc) is 3.10. The molecular formula is C10H13N3O3. The summed E-state index contributed by atoms with van der Waals surface area (Å²) in [4.78, 5) is 13.5. The van der Waals surface area contributed by atoms with Gasteiger partial charge in [-0.2, -0.15) is 0 Å². The Balaban J connectivity index is 1.86. The maximum atomic E-state index is 10.4. The highest BCUT2D eigenvalue weighted by atomic mass is 16.6. The number of hydrogen-bond donors (Lipinski definition) is 2. The predicted octanol–water partition coefficient (Wildman–Crippen LogP) is 1.17. The molecule has 1 unspecified atom stereocenters. The molecule has 0 aromatic carbocycles. The van der Waals surface area contributed by atoms with Crippen LogP contribution in [0.2, 0.25) is 0 Å². The number of nitrogens with one attached hydrogen (secondary N) is 1. The molecule has 1 aromatic heterocycles. The van der Waals surface area contributed by atoms with Crippen LogP contribution in [0.1, 0.15) is 12.8 Å². The van der Waals surface area contributed by atoms with Gasteiger partial charge in [-0.15, -0.1) is 0 Å². The van der Waals surface area contributed by atoms with Gasteiger partial charge in [-0.25, -0.2) is 0 Å². The SMILES string of the molecule is O=[N+]([O-])c1ccc(NCC(O)C2CC2)cn1. The smallest absolute Gasteiger partial charge is 0.363 e. The van der Waals surface area contributed by atoms with E-state index in [2.05, 4.69) is 10.3 Å². The molecule has 1 aromatic rings. The molecule has 6 heteroatoms. The molecule has 86 valence electrons. The highest BCUT2D eigenvalue weighted by Gasteiger charge is 2.29. The Hall–Kier alpha value is -1.69. The standard InChI is InChI=1S/C10H13N3O3/c14-9(7-1-2-7)6-11-8-3-4-10(12-5-8)13(15)16/h3-5,7,9,11,14H,1-2,6H2. The van der Waals surface area contributed by atoms with Gasteiger partial charge in [0, 0.05) is 12.6 Å². The third-order valence-electron chi connectivity index (χ3n) is 2.62. The molecule has 0 amide bonds. The molecule has 1 aliphatic carbocycles. The monoisotopic (exact) mass is 223 g/mol. The minimum atomic E-state index is -0.539. The van der Waals surface area contributed by atoms with Crippen LogP contribution in [0.25, 0.3) is 0 Å². The number of nitro groups is 1. The zero-order chi connectivity index (χ0) is 11.5. The summed E-state index contributed by atoms with van der Waals surface area (Å²) >= 11 is 0. The van der Waals surface area contributed by atoms with E-state index in [0.717, 1.165) is 12.8 Å². The van der Waals surface area contributed by atoms with Crippen molar-refractivity contribution in [3.05, 3.63) is 28.4 Å². The molecule has 1 fully saturated rings. The second-order valence-electron chi connectivity index (χ2n) is 3.95. The van der Waals surface area contributed by atoms with Crippen LogP contribution in [0.15, 0.2) is 18.3 Å². The van der Waals surface area contributed by atoms with Gasteiger partial charge in [0.1, 0.15) is 0 Å². The molecule has 1 aliphatic rings. The van der Waals surface area contributed by atoms with Crippen LogP contribution >= 0.6 is 0 Å². The van der Waals surface area contributed by atoms with Gasteiger partial charge in [-0.1, -0.05) is 0 Å². The minimum Gasteiger partial charge on any atom is -0.391 e. The van der Waals surface area contributed by atoms with Gasteiger partial charge in [-0.05, 0) is 34.7 Å². The van der Waals surface area contributed by atoms with Crippen LogP contribution in [0.5, 0.6) is 0 Å². The molecule has 2 rings (SSSR count). The van der Waals surface area contributed by atoms with Crippen molar-refractivity contribution >= 4 is 11.5 Å². The Morgan fingerprint density at radius 2 is 2.38 bits per heavy atom. The lowest BCUT2D eigenvalue weighted by atomic mass is 10.2. The summed E-state index contributed by atoms with van der Waals surface area (Å²) in [6.07, 6.45) is 3.23. The lowest BCUT2D eigenvalue weighted by Gasteiger charge is -2.10. The molecule has 6 nitrogen and oxygen atoms in total. The first-order valence-electron chi connectivity index (χ1n) is 5.19. The van der Waals surface area contributed by atoms with Crippen molar-refractivity contribution in [1.29, 1.82) is 0 Å². The molecule has 1 heterocycles. The summed E-state index contributed by atoms with van der Waals surface area (Å²) in [5.74, 6) is 0.242. The highest BCUT2D eigenvalue weighted by molar-refractivity contribution is 5.43. The topological polar surface area (TPSA) is 88.3 Å². The Kier molecular flexibility index (Phi) is 3.00. The van der Waals surface area contributed by atoms with E-state index in [0.29, 0.717) is 18.2 Å². The van der Waals surface area contributed by atoms with E-state index in [1.165, 1.54) is 12.3 Å². The third-order valence-corrected chi connectivity index (χ3v) is 2.62. The zero-order valence-corrected chi connectivity index (χ0v) is 8.67. The van der Waals surface area contributed by atoms with E-state index in [-0.39, 0.29) is 11.9 Å². The van der Waals surface area contributed by atoms with Crippen LogP contribution in [-0.2, 0) is 0 Å². The molecule has 0 saturated heterocycles. The second kappa shape index (κ2) is 4.44. The molecule has 1 saturated carbocycles. The molecule has 2 N–H and O–H groups in total. The van der Waals surface area contributed by atoms with Crippen molar-refractivity contribution < 1.29 is 10.0 Å². The third kappa shape index (κ3) is 2.66. The van der Waals surface area contributed by atoms with Gasteiger partial charge in [0.05, 0.1) is 11.8 Å². The number of rotatable bonds is 5. The van der Waals surface area contributed by atoms with Crippen molar-refractivity contribution in [3.8, 4) is 0 Å². The second-order valence-corrected chi connectivity index (χ2v) is 3.95. The number of hydrogen-bond acceptors (Lipinski definition) is 5. The molecule has 0 spiro atoms. The number of aliphatic hydroxyl groups is 1. The van der Waals surface area contributed by atoms with E-state index in [1.54, 1.807) is 6.07 Å². The van der Waals surface area contributed by atoms with Crippen molar-refractivity contribution in [3.63, 3.8) is 0 Å². The van der Waals surface area contributed by atoms with Crippen molar-refractivity contribution in [2.75, 3.05) is 11.9 Å². The molecule has 1 atom stereocenters. The first kappa shape index (κ1) is 10.8. The largest absolute Gasteiger partial charge is 0.391 e. The van der Waals surface area contributed by atoms with Gasteiger partial charge in [0.2, 0.25) is 0 Å². The van der Waals surface area contributed by atoms with E-state index in [4.69, 9.17) is 0 Å². The van der Waals surface area contributed by atoms with Crippen molar-refractivity contribution in [2.45, 2.75) is 18.9 Å². The molecule has 0 aliphatic heterocycles. The van der Waals surface area contributed by atoms with Crippen LogP contribution < -0.4 is 5.32 Å². The maximum Gasteiger partial charge on any atom is 0.363 e. The molecule has 0 bridgehead atoms. The van der Waals surface area contributed by atoms with Gasteiger partial charge in [0.25, 0.3) is 0 Å². The van der Waals surface area contributed by atoms with Crippen LogP contribution in [0.4, 0.5) is 11.5 Å². The minimum absolute atomic E-state index is 0.173. The van der Waals surface area contributed by atoms with Crippen molar-refractivity contribution in [2.24, 2.45) is 5.92 Å². The van der Waals surface area contributed by atoms with E-state index >= 15 is 0 Å². The Bertz CT molecular complexity index is 375. The Morgan fingerprint density at radius 3 is 2.88 bits per heavy atom. The number of aliphatic hydroxyl groups excluding tert-OH is 1. The summed E-state index contributed by atoms with van der Waals surface area (Å²) in [5.41, 5.74) is 0.685. The van der Waals surface area contributed by atoms with E-state index in [9.17, 15) is 15.2 Å². The Labute approximate surface area is 92.5 Å². The molecule has 16 heavy (non-hydrogen) atoms. The molecular weight excluding hydrogens is 210 g/mol. The van der Waals surface area contributed by atoms with E-state index in [1.807, 2.05) is 0 Å². The fourth-order valence-electron chi connectivity index (χ4n) is 1.47. The van der Waals surface area contributed by atoms with Gasteiger partial charge < -0.3 is 20.5 Å². The predicted molar refractivity (Wildman–Crippen MR) is 58.1 cm³/mol. The fraction of sp³-hybridized carbons (Fsp3) is 0.500.